The maximum Gasteiger partial charge on any atom is 0.202 e. The number of nitrogens with zero attached hydrogens (tertiary/aromatic N) is 4. The van der Waals surface area contributed by atoms with Crippen molar-refractivity contribution in [3.8, 4) is 0 Å². The second-order valence-corrected chi connectivity index (χ2v) is 3.93. The summed E-state index contributed by atoms with van der Waals surface area (Å²) in [6, 6.07) is 0. The minimum atomic E-state index is 0.619. The van der Waals surface area contributed by atoms with Crippen molar-refractivity contribution >= 4 is 22.5 Å². The quantitative estimate of drug-likeness (QED) is 0.805. The Morgan fingerprint density at radius 3 is 2.93 bits per heavy atom. The highest BCUT2D eigenvalue weighted by Gasteiger charge is 2.05. The average Bonchev–Trinajstić information content (AvgIpc) is 2.74. The van der Waals surface area contributed by atoms with Gasteiger partial charge in [0, 0.05) is 30.7 Å². The molecular weight excluding hydrogens is 212 g/mol. The Labute approximate surface area is 91.3 Å². The largest absolute Gasteiger partial charge is 0.384 e. The highest BCUT2D eigenvalue weighted by atomic mass is 32.1. The summed E-state index contributed by atoms with van der Waals surface area (Å²) in [4.78, 5) is 4.19. The number of anilines is 2. The second kappa shape index (κ2) is 3.85. The van der Waals surface area contributed by atoms with Crippen molar-refractivity contribution in [3.05, 3.63) is 17.6 Å². The minimum Gasteiger partial charge on any atom is -0.384 e. The zero-order valence-electron chi connectivity index (χ0n) is 8.56. The van der Waals surface area contributed by atoms with Gasteiger partial charge in [0.15, 0.2) is 0 Å². The lowest BCUT2D eigenvalue weighted by Crippen LogP contribution is -2.03. The molecule has 0 saturated carbocycles. The number of aryl methyl sites for hydroxylation is 2. The molecule has 0 bridgehead atoms. The molecule has 2 rings (SSSR count). The Bertz CT molecular complexity index is 459. The van der Waals surface area contributed by atoms with Crippen LogP contribution in [0, 0.1) is 6.92 Å². The van der Waals surface area contributed by atoms with E-state index in [0.29, 0.717) is 12.4 Å². The lowest BCUT2D eigenvalue weighted by Gasteiger charge is -2.00. The van der Waals surface area contributed by atoms with E-state index in [1.54, 1.807) is 10.9 Å². The van der Waals surface area contributed by atoms with Crippen LogP contribution in [0.1, 0.15) is 11.4 Å². The van der Waals surface area contributed by atoms with E-state index in [9.17, 15) is 0 Å². The standard InChI is InChI=1S/C8H12N6S/c1-5-12-8(15-13-5)10-3-6-4-11-14(2)7(6)9/h4H,3,9H2,1-2H3,(H,10,12,13). The molecule has 3 N–H and O–H groups in total. The zero-order chi connectivity index (χ0) is 10.8. The molecule has 2 aromatic rings. The van der Waals surface area contributed by atoms with Gasteiger partial charge in [-0.3, -0.25) is 4.68 Å². The van der Waals surface area contributed by atoms with Crippen molar-refractivity contribution in [2.75, 3.05) is 11.1 Å². The molecule has 0 aromatic carbocycles. The van der Waals surface area contributed by atoms with Gasteiger partial charge in [0.25, 0.3) is 0 Å². The molecule has 0 aliphatic heterocycles. The fourth-order valence-corrected chi connectivity index (χ4v) is 1.74. The van der Waals surface area contributed by atoms with Crippen molar-refractivity contribution < 1.29 is 0 Å². The first-order valence-corrected chi connectivity index (χ1v) is 5.24. The predicted octanol–water partition coefficient (Wildman–Crippen LogP) is 0.774. The summed E-state index contributed by atoms with van der Waals surface area (Å²) in [7, 11) is 1.81. The van der Waals surface area contributed by atoms with E-state index >= 15 is 0 Å². The van der Waals surface area contributed by atoms with Crippen LogP contribution in [-0.2, 0) is 13.6 Å². The summed E-state index contributed by atoms with van der Waals surface area (Å²) in [5.41, 5.74) is 6.76. The van der Waals surface area contributed by atoms with Crippen molar-refractivity contribution in [2.24, 2.45) is 7.05 Å². The number of rotatable bonds is 3. The van der Waals surface area contributed by atoms with Crippen molar-refractivity contribution in [2.45, 2.75) is 13.5 Å². The molecule has 0 aliphatic rings. The van der Waals surface area contributed by atoms with Gasteiger partial charge in [0.1, 0.15) is 11.6 Å². The monoisotopic (exact) mass is 224 g/mol. The SMILES string of the molecule is Cc1nsc(NCc2cnn(C)c2N)n1. The Kier molecular flexibility index (Phi) is 2.55. The van der Waals surface area contributed by atoms with E-state index in [1.807, 2.05) is 14.0 Å². The van der Waals surface area contributed by atoms with E-state index in [-0.39, 0.29) is 0 Å². The third kappa shape index (κ3) is 2.07. The molecule has 0 fully saturated rings. The summed E-state index contributed by atoms with van der Waals surface area (Å²) >= 11 is 1.34. The van der Waals surface area contributed by atoms with Gasteiger partial charge in [-0.1, -0.05) is 0 Å². The second-order valence-electron chi connectivity index (χ2n) is 3.18. The maximum absolute atomic E-state index is 5.80. The van der Waals surface area contributed by atoms with Crippen molar-refractivity contribution in [3.63, 3.8) is 0 Å². The van der Waals surface area contributed by atoms with Gasteiger partial charge >= 0.3 is 0 Å². The molecule has 2 heterocycles. The zero-order valence-corrected chi connectivity index (χ0v) is 9.38. The molecule has 0 amide bonds. The van der Waals surface area contributed by atoms with Crippen LogP contribution in [0.4, 0.5) is 10.9 Å². The highest BCUT2D eigenvalue weighted by molar-refractivity contribution is 7.09. The number of nitrogens with one attached hydrogen (secondary N) is 1. The van der Waals surface area contributed by atoms with Gasteiger partial charge in [0.05, 0.1) is 6.20 Å². The highest BCUT2D eigenvalue weighted by Crippen LogP contribution is 2.14. The van der Waals surface area contributed by atoms with Gasteiger partial charge in [-0.05, 0) is 6.92 Å². The number of nitrogen functional groups attached to an aromatic ring is 1. The maximum atomic E-state index is 5.80. The molecule has 2 aromatic heterocycles. The first-order valence-electron chi connectivity index (χ1n) is 4.47. The van der Waals surface area contributed by atoms with Crippen molar-refractivity contribution in [1.29, 1.82) is 0 Å². The van der Waals surface area contributed by atoms with Crippen LogP contribution in [0.2, 0.25) is 0 Å². The average molecular weight is 224 g/mol. The molecule has 0 unspecified atom stereocenters. The first-order chi connectivity index (χ1) is 7.16. The Hall–Kier alpha value is -1.63. The van der Waals surface area contributed by atoms with Crippen LogP contribution in [-0.4, -0.2) is 19.1 Å². The summed E-state index contributed by atoms with van der Waals surface area (Å²) in [5, 5.41) is 8.00. The predicted molar refractivity (Wildman–Crippen MR) is 59.6 cm³/mol. The minimum absolute atomic E-state index is 0.619. The van der Waals surface area contributed by atoms with E-state index in [0.717, 1.165) is 16.5 Å². The summed E-state index contributed by atoms with van der Waals surface area (Å²) in [6.45, 7) is 2.48. The Balaban J connectivity index is 2.02. The van der Waals surface area contributed by atoms with Gasteiger partial charge in [-0.15, -0.1) is 0 Å². The normalized spacial score (nSPS) is 10.5. The number of nitrogens with two attached hydrogens (primary N) is 1. The van der Waals surface area contributed by atoms with Crippen molar-refractivity contribution in [1.82, 2.24) is 19.1 Å². The van der Waals surface area contributed by atoms with Gasteiger partial charge in [-0.2, -0.15) is 9.47 Å². The van der Waals surface area contributed by atoms with Crippen LogP contribution in [0.3, 0.4) is 0 Å². The summed E-state index contributed by atoms with van der Waals surface area (Å²) in [6.07, 6.45) is 1.75. The summed E-state index contributed by atoms with van der Waals surface area (Å²) < 4.78 is 5.71. The molecular formula is C8H12N6S. The van der Waals surface area contributed by atoms with E-state index in [2.05, 4.69) is 19.8 Å². The van der Waals surface area contributed by atoms with E-state index in [4.69, 9.17) is 5.73 Å². The molecule has 0 radical (unpaired) electrons. The van der Waals surface area contributed by atoms with Crippen LogP contribution >= 0.6 is 11.5 Å². The lowest BCUT2D eigenvalue weighted by molar-refractivity contribution is 0.778. The third-order valence-corrected chi connectivity index (χ3v) is 2.79. The van der Waals surface area contributed by atoms with Crippen LogP contribution in [0.25, 0.3) is 0 Å². The first kappa shape index (κ1) is 9.91. The smallest absolute Gasteiger partial charge is 0.202 e. The number of hydrogen-bond donors (Lipinski definition) is 2. The number of aromatic nitrogens is 4. The molecule has 0 atom stereocenters. The molecule has 15 heavy (non-hydrogen) atoms. The Morgan fingerprint density at radius 2 is 2.40 bits per heavy atom. The summed E-state index contributed by atoms with van der Waals surface area (Å²) in [5.74, 6) is 1.45. The Morgan fingerprint density at radius 1 is 1.60 bits per heavy atom. The lowest BCUT2D eigenvalue weighted by atomic mass is 10.3. The van der Waals surface area contributed by atoms with E-state index in [1.165, 1.54) is 11.5 Å². The van der Waals surface area contributed by atoms with Crippen LogP contribution in [0.15, 0.2) is 6.20 Å². The number of hydrogen-bond acceptors (Lipinski definition) is 6. The third-order valence-electron chi connectivity index (χ3n) is 2.02. The van der Waals surface area contributed by atoms with Gasteiger partial charge in [0.2, 0.25) is 5.13 Å². The van der Waals surface area contributed by atoms with Crippen LogP contribution in [0.5, 0.6) is 0 Å². The van der Waals surface area contributed by atoms with Gasteiger partial charge in [-0.25, -0.2) is 4.98 Å². The molecule has 0 aliphatic carbocycles. The molecule has 0 spiro atoms. The molecule has 6 nitrogen and oxygen atoms in total. The fraction of sp³-hybridized carbons (Fsp3) is 0.375. The molecule has 0 saturated heterocycles. The van der Waals surface area contributed by atoms with Crippen LogP contribution < -0.4 is 11.1 Å². The topological polar surface area (TPSA) is 81.7 Å². The molecule has 7 heteroatoms. The van der Waals surface area contributed by atoms with Gasteiger partial charge < -0.3 is 11.1 Å². The molecule has 80 valence electrons. The fourth-order valence-electron chi connectivity index (χ4n) is 1.17. The van der Waals surface area contributed by atoms with E-state index < -0.39 is 0 Å².